The number of likely N-dealkylation sites (tertiary alicyclic amines) is 2. The second-order valence-corrected chi connectivity index (χ2v) is 13.7. The number of alkyl halides is 1. The number of hydrogen-bond acceptors (Lipinski definition) is 10. The molecule has 2 fully saturated rings. The Bertz CT molecular complexity index is 1930. The van der Waals surface area contributed by atoms with E-state index in [1.54, 1.807) is 67.0 Å². The number of halogens is 2. The molecule has 2 N–H and O–H groups in total. The van der Waals surface area contributed by atoms with E-state index in [1.807, 2.05) is 0 Å². The molecule has 2 aromatic carbocycles. The first-order chi connectivity index (χ1) is 24.8. The molecule has 268 valence electrons. The van der Waals surface area contributed by atoms with Crippen molar-refractivity contribution in [2.45, 2.75) is 31.9 Å². The fraction of sp³-hybridized carbons (Fsp3) is 0.389. The molecule has 2 aliphatic heterocycles. The molecule has 1 unspecified atom stereocenters. The van der Waals surface area contributed by atoms with Gasteiger partial charge in [0, 0.05) is 74.8 Å². The lowest BCUT2D eigenvalue weighted by Crippen LogP contribution is -2.46. The molecule has 3 aromatic heterocycles. The molecule has 2 amide bonds. The Labute approximate surface area is 298 Å². The van der Waals surface area contributed by atoms with E-state index in [-0.39, 0.29) is 31.1 Å². The summed E-state index contributed by atoms with van der Waals surface area (Å²) in [6.45, 7) is 6.18. The number of methoxy groups -OCH3 is 1. The Hall–Kier alpha value is -4.86. The summed E-state index contributed by atoms with van der Waals surface area (Å²) in [5.74, 6) is 1.03. The van der Waals surface area contributed by atoms with Gasteiger partial charge in [0.1, 0.15) is 17.3 Å². The van der Waals surface area contributed by atoms with Crippen molar-refractivity contribution in [2.24, 2.45) is 5.92 Å². The number of hydrogen-bond donors (Lipinski definition) is 2. The molecule has 0 radical (unpaired) electrons. The van der Waals surface area contributed by atoms with Crippen molar-refractivity contribution in [1.29, 1.82) is 0 Å². The van der Waals surface area contributed by atoms with E-state index in [4.69, 9.17) is 9.47 Å². The van der Waals surface area contributed by atoms with Gasteiger partial charge in [-0.1, -0.05) is 6.92 Å². The average molecular weight is 719 g/mol. The summed E-state index contributed by atoms with van der Waals surface area (Å²) in [4.78, 5) is 40.6. The van der Waals surface area contributed by atoms with Crippen molar-refractivity contribution in [3.05, 3.63) is 71.9 Å². The third kappa shape index (κ3) is 8.72. The number of carbonyl (C=O) groups is 2. The van der Waals surface area contributed by atoms with Crippen LogP contribution >= 0.6 is 11.3 Å². The van der Waals surface area contributed by atoms with Gasteiger partial charge >= 0.3 is 0 Å². The Morgan fingerprint density at radius 1 is 1.12 bits per heavy atom. The van der Waals surface area contributed by atoms with E-state index in [0.717, 1.165) is 35.3 Å². The number of fused-ring (bicyclic) bond motifs is 1. The molecule has 0 aliphatic carbocycles. The highest BCUT2D eigenvalue weighted by atomic mass is 32.1. The summed E-state index contributed by atoms with van der Waals surface area (Å²) in [5.41, 5.74) is 1.17. The molecule has 15 heteroatoms. The Morgan fingerprint density at radius 2 is 1.92 bits per heavy atom. The molecule has 0 bridgehead atoms. The number of benzene rings is 2. The van der Waals surface area contributed by atoms with Gasteiger partial charge in [-0.2, -0.15) is 5.10 Å². The van der Waals surface area contributed by atoms with Crippen LogP contribution in [0.2, 0.25) is 0 Å². The van der Waals surface area contributed by atoms with Crippen LogP contribution in [0.15, 0.2) is 61.1 Å². The molecule has 5 heterocycles. The first kappa shape index (κ1) is 35.9. The molecule has 51 heavy (non-hydrogen) atoms. The lowest BCUT2D eigenvalue weighted by Gasteiger charge is -2.36. The van der Waals surface area contributed by atoms with Gasteiger partial charge in [-0.05, 0) is 61.3 Å². The summed E-state index contributed by atoms with van der Waals surface area (Å²) in [5, 5.41) is 11.0. The SMILES string of the molecule is CC1CCN(CC(=O)N2CCC(F)(c3ncc(-c4ncccn4)s3)CC2)C1.COCCOc1ccc(-c2n[nH]c3ccc(NC=O)cc23)cc1F. The monoisotopic (exact) mass is 718 g/mol. The van der Waals surface area contributed by atoms with Crippen LogP contribution in [0.1, 0.15) is 31.2 Å². The summed E-state index contributed by atoms with van der Waals surface area (Å²) in [7, 11) is 1.55. The topological polar surface area (TPSA) is 138 Å². The summed E-state index contributed by atoms with van der Waals surface area (Å²) >= 11 is 1.30. The molecule has 2 aliphatic rings. The molecule has 5 aromatic rings. The van der Waals surface area contributed by atoms with Crippen molar-refractivity contribution >= 4 is 40.2 Å². The van der Waals surface area contributed by atoms with Crippen molar-refractivity contribution in [1.82, 2.24) is 34.9 Å². The number of ether oxygens (including phenoxy) is 2. The second kappa shape index (κ2) is 16.4. The third-order valence-electron chi connectivity index (χ3n) is 8.99. The average Bonchev–Trinajstić information content (AvgIpc) is 3.91. The number of anilines is 1. The number of carbonyl (C=O) groups excluding carboxylic acids is 2. The van der Waals surface area contributed by atoms with Crippen LogP contribution in [0.25, 0.3) is 32.9 Å². The van der Waals surface area contributed by atoms with Crippen molar-refractivity contribution in [3.8, 4) is 27.7 Å². The van der Waals surface area contributed by atoms with E-state index in [2.05, 4.69) is 42.3 Å². The maximum absolute atomic E-state index is 15.5. The molecule has 12 nitrogen and oxygen atoms in total. The van der Waals surface area contributed by atoms with E-state index in [1.165, 1.54) is 17.4 Å². The Morgan fingerprint density at radius 3 is 2.63 bits per heavy atom. The van der Waals surface area contributed by atoms with Gasteiger partial charge < -0.3 is 19.7 Å². The minimum Gasteiger partial charge on any atom is -0.488 e. The van der Waals surface area contributed by atoms with Crippen LogP contribution in [0.5, 0.6) is 5.75 Å². The Kier molecular flexibility index (Phi) is 11.6. The smallest absolute Gasteiger partial charge is 0.236 e. The van der Waals surface area contributed by atoms with Crippen molar-refractivity contribution in [3.63, 3.8) is 0 Å². The highest BCUT2D eigenvalue weighted by molar-refractivity contribution is 7.15. The predicted molar refractivity (Wildman–Crippen MR) is 191 cm³/mol. The molecule has 2 saturated heterocycles. The minimum absolute atomic E-state index is 0.115. The van der Waals surface area contributed by atoms with Crippen molar-refractivity contribution in [2.75, 3.05) is 58.4 Å². The Balaban J connectivity index is 0.000000177. The normalized spacial score (nSPS) is 17.2. The van der Waals surface area contributed by atoms with Crippen LogP contribution in [0.3, 0.4) is 0 Å². The maximum atomic E-state index is 15.5. The highest BCUT2D eigenvalue weighted by Gasteiger charge is 2.40. The van der Waals surface area contributed by atoms with Crippen LogP contribution < -0.4 is 10.1 Å². The zero-order valence-electron chi connectivity index (χ0n) is 28.5. The zero-order valence-corrected chi connectivity index (χ0v) is 29.3. The van der Waals surface area contributed by atoms with Crippen LogP contribution in [0.4, 0.5) is 14.5 Å². The van der Waals surface area contributed by atoms with Gasteiger partial charge in [0.05, 0.1) is 23.5 Å². The predicted octanol–water partition coefficient (Wildman–Crippen LogP) is 5.69. The van der Waals surface area contributed by atoms with Crippen molar-refractivity contribution < 1.29 is 27.8 Å². The summed E-state index contributed by atoms with van der Waals surface area (Å²) < 4.78 is 39.9. The minimum atomic E-state index is -1.48. The van der Waals surface area contributed by atoms with Gasteiger partial charge in [0.25, 0.3) is 0 Å². The third-order valence-corrected chi connectivity index (χ3v) is 10.2. The number of rotatable bonds is 11. The first-order valence-corrected chi connectivity index (χ1v) is 17.6. The van der Waals surface area contributed by atoms with Gasteiger partial charge in [-0.3, -0.25) is 19.6 Å². The van der Waals surface area contributed by atoms with E-state index >= 15 is 4.39 Å². The van der Waals surface area contributed by atoms with Crippen LogP contribution in [-0.2, 0) is 20.0 Å². The van der Waals surface area contributed by atoms with Gasteiger partial charge in [-0.25, -0.2) is 23.7 Å². The van der Waals surface area contributed by atoms with E-state index < -0.39 is 11.5 Å². The largest absolute Gasteiger partial charge is 0.488 e. The zero-order chi connectivity index (χ0) is 35.8. The molecule has 0 spiro atoms. The number of H-pyrrole nitrogens is 1. The maximum Gasteiger partial charge on any atom is 0.236 e. The number of nitrogens with zero attached hydrogens (tertiary/aromatic N) is 6. The molecule has 7 rings (SSSR count). The fourth-order valence-electron chi connectivity index (χ4n) is 6.19. The molecule has 0 saturated carbocycles. The van der Waals surface area contributed by atoms with E-state index in [0.29, 0.717) is 66.3 Å². The standard InChI is InChI=1S/C19H24FN5OS.C17H16FN3O3/c1-14-3-8-24(12-14)13-16(26)25-9-4-19(20,5-10-25)18-23-11-15(27-18)17-21-6-2-7-22-17;1-23-6-7-24-16-5-2-11(8-14(16)18)17-13-9-12(19-10-22)3-4-15(13)20-21-17/h2,6-7,11,14H,3-5,8-10,12-13H2,1H3;2-5,8-10H,6-7H2,1H3,(H,19,22)(H,20,21). The number of nitrogens with one attached hydrogen (secondary N) is 2. The van der Waals surface area contributed by atoms with Crippen LogP contribution in [-0.4, -0.2) is 100 Å². The number of amides is 2. The summed E-state index contributed by atoms with van der Waals surface area (Å²) in [6, 6.07) is 11.8. The number of aromatic nitrogens is 5. The first-order valence-electron chi connectivity index (χ1n) is 16.8. The number of piperidine rings is 1. The summed E-state index contributed by atoms with van der Waals surface area (Å²) in [6.07, 6.45) is 7.31. The fourth-order valence-corrected chi connectivity index (χ4v) is 7.19. The number of thiazole rings is 1. The van der Waals surface area contributed by atoms with Gasteiger partial charge in [0.15, 0.2) is 23.1 Å². The molecular weight excluding hydrogens is 679 g/mol. The number of aromatic amines is 1. The van der Waals surface area contributed by atoms with Gasteiger partial charge in [0.2, 0.25) is 12.3 Å². The molecule has 1 atom stereocenters. The second-order valence-electron chi connectivity index (χ2n) is 12.7. The van der Waals surface area contributed by atoms with Gasteiger partial charge in [-0.15, -0.1) is 11.3 Å². The van der Waals surface area contributed by atoms with E-state index in [9.17, 15) is 14.0 Å². The highest BCUT2D eigenvalue weighted by Crippen LogP contribution is 2.40. The quantitative estimate of drug-likeness (QED) is 0.130. The lowest BCUT2D eigenvalue weighted by atomic mass is 9.94. The lowest BCUT2D eigenvalue weighted by molar-refractivity contribution is -0.135. The molecular formula is C36H40F2N8O4S. The van der Waals surface area contributed by atoms with Crippen LogP contribution in [0, 0.1) is 11.7 Å².